The molecule has 0 spiro atoms. The molecule has 0 aliphatic rings. The number of benzene rings is 2. The van der Waals surface area contributed by atoms with Gasteiger partial charge in [0, 0.05) is 11.3 Å². The van der Waals surface area contributed by atoms with Crippen molar-refractivity contribution in [3.8, 4) is 5.75 Å². The van der Waals surface area contributed by atoms with Crippen molar-refractivity contribution >= 4 is 40.8 Å². The predicted molar refractivity (Wildman–Crippen MR) is 105 cm³/mol. The SMILES string of the molecule is Cc1cccc(C(=O)Nc2ccc(OC(=O)c3nc(Cl)ccc3Cl)cc2)c1. The summed E-state index contributed by atoms with van der Waals surface area (Å²) in [5, 5.41) is 3.07. The van der Waals surface area contributed by atoms with Crippen LogP contribution in [0.25, 0.3) is 0 Å². The molecule has 136 valence electrons. The number of nitrogens with one attached hydrogen (secondary N) is 1. The maximum atomic E-state index is 12.3. The Morgan fingerprint density at radius 3 is 2.44 bits per heavy atom. The zero-order valence-electron chi connectivity index (χ0n) is 14.2. The second-order valence-electron chi connectivity index (χ2n) is 5.70. The molecule has 2 aromatic carbocycles. The summed E-state index contributed by atoms with van der Waals surface area (Å²) in [6.45, 7) is 1.92. The highest BCUT2D eigenvalue weighted by atomic mass is 35.5. The van der Waals surface area contributed by atoms with Gasteiger partial charge >= 0.3 is 5.97 Å². The van der Waals surface area contributed by atoms with Gasteiger partial charge in [0.15, 0.2) is 5.69 Å². The molecule has 0 bridgehead atoms. The Balaban J connectivity index is 1.67. The van der Waals surface area contributed by atoms with Crippen LogP contribution in [0.1, 0.15) is 26.4 Å². The van der Waals surface area contributed by atoms with Gasteiger partial charge in [0.05, 0.1) is 5.02 Å². The smallest absolute Gasteiger partial charge is 0.363 e. The van der Waals surface area contributed by atoms with Gasteiger partial charge in [-0.1, -0.05) is 40.9 Å². The summed E-state index contributed by atoms with van der Waals surface area (Å²) in [4.78, 5) is 28.3. The topological polar surface area (TPSA) is 68.3 Å². The third-order valence-electron chi connectivity index (χ3n) is 3.61. The average Bonchev–Trinajstić information content (AvgIpc) is 2.65. The van der Waals surface area contributed by atoms with Crippen LogP contribution in [0.4, 0.5) is 5.69 Å². The number of aromatic nitrogens is 1. The van der Waals surface area contributed by atoms with Gasteiger partial charge in [0.2, 0.25) is 0 Å². The van der Waals surface area contributed by atoms with Gasteiger partial charge in [-0.25, -0.2) is 9.78 Å². The van der Waals surface area contributed by atoms with Crippen LogP contribution in [0, 0.1) is 6.92 Å². The van der Waals surface area contributed by atoms with Gasteiger partial charge in [-0.15, -0.1) is 0 Å². The molecule has 0 unspecified atom stereocenters. The number of nitrogens with zero attached hydrogens (tertiary/aromatic N) is 1. The molecule has 0 aliphatic heterocycles. The molecule has 5 nitrogen and oxygen atoms in total. The molecule has 27 heavy (non-hydrogen) atoms. The molecule has 0 aliphatic carbocycles. The fraction of sp³-hybridized carbons (Fsp3) is 0.0500. The number of carbonyl (C=O) groups excluding carboxylic acids is 2. The van der Waals surface area contributed by atoms with E-state index < -0.39 is 5.97 Å². The van der Waals surface area contributed by atoms with Crippen molar-refractivity contribution < 1.29 is 14.3 Å². The summed E-state index contributed by atoms with van der Waals surface area (Å²) in [7, 11) is 0. The van der Waals surface area contributed by atoms with E-state index >= 15 is 0 Å². The predicted octanol–water partition coefficient (Wildman–Crippen LogP) is 5.17. The van der Waals surface area contributed by atoms with Gasteiger partial charge in [-0.05, 0) is 55.5 Å². The van der Waals surface area contributed by atoms with Crippen molar-refractivity contribution in [1.29, 1.82) is 0 Å². The first kappa shape index (κ1) is 18.9. The second kappa shape index (κ2) is 8.20. The standard InChI is InChI=1S/C20H14Cl2N2O3/c1-12-3-2-4-13(11-12)19(25)23-14-5-7-15(8-6-14)27-20(26)18-16(21)9-10-17(22)24-18/h2-11H,1H3,(H,23,25). The van der Waals surface area contributed by atoms with E-state index in [1.807, 2.05) is 19.1 Å². The third-order valence-corrected chi connectivity index (χ3v) is 4.12. The molecule has 0 saturated heterocycles. The van der Waals surface area contributed by atoms with E-state index in [0.717, 1.165) is 5.56 Å². The lowest BCUT2D eigenvalue weighted by atomic mass is 10.1. The van der Waals surface area contributed by atoms with Crippen molar-refractivity contribution in [2.24, 2.45) is 0 Å². The molecular weight excluding hydrogens is 387 g/mol. The van der Waals surface area contributed by atoms with E-state index in [1.54, 1.807) is 36.4 Å². The van der Waals surface area contributed by atoms with Crippen molar-refractivity contribution in [3.05, 3.63) is 87.7 Å². The lowest BCUT2D eigenvalue weighted by molar-refractivity contribution is 0.0728. The van der Waals surface area contributed by atoms with Crippen molar-refractivity contribution in [2.75, 3.05) is 5.32 Å². The maximum Gasteiger partial charge on any atom is 0.363 e. The number of esters is 1. The van der Waals surface area contributed by atoms with E-state index in [1.165, 1.54) is 12.1 Å². The molecule has 0 radical (unpaired) electrons. The Labute approximate surface area is 165 Å². The maximum absolute atomic E-state index is 12.3. The van der Waals surface area contributed by atoms with Gasteiger partial charge < -0.3 is 10.1 Å². The first-order valence-corrected chi connectivity index (χ1v) is 8.70. The molecular formula is C20H14Cl2N2O3. The number of halogens is 2. The van der Waals surface area contributed by atoms with E-state index in [-0.39, 0.29) is 27.5 Å². The molecule has 0 atom stereocenters. The third kappa shape index (κ3) is 4.84. The fourth-order valence-corrected chi connectivity index (χ4v) is 2.64. The number of pyridine rings is 1. The minimum atomic E-state index is -0.723. The molecule has 3 rings (SSSR count). The van der Waals surface area contributed by atoms with Gasteiger partial charge in [-0.2, -0.15) is 0 Å². The van der Waals surface area contributed by atoms with Crippen LogP contribution in [0.2, 0.25) is 10.2 Å². The largest absolute Gasteiger partial charge is 0.422 e. The molecule has 1 aromatic heterocycles. The number of carbonyl (C=O) groups is 2. The van der Waals surface area contributed by atoms with Gasteiger partial charge in [0.1, 0.15) is 10.9 Å². The Morgan fingerprint density at radius 1 is 1.00 bits per heavy atom. The normalized spacial score (nSPS) is 10.3. The van der Waals surface area contributed by atoms with E-state index in [4.69, 9.17) is 27.9 Å². The molecule has 1 heterocycles. The molecule has 1 amide bonds. The lowest BCUT2D eigenvalue weighted by Gasteiger charge is -2.08. The summed E-state index contributed by atoms with van der Waals surface area (Å²) in [5.41, 5.74) is 2.06. The van der Waals surface area contributed by atoms with E-state index in [0.29, 0.717) is 11.3 Å². The zero-order valence-corrected chi connectivity index (χ0v) is 15.7. The zero-order chi connectivity index (χ0) is 19.4. The van der Waals surface area contributed by atoms with Crippen molar-refractivity contribution in [1.82, 2.24) is 4.98 Å². The van der Waals surface area contributed by atoms with E-state index in [9.17, 15) is 9.59 Å². The first-order valence-electron chi connectivity index (χ1n) is 7.95. The number of ether oxygens (including phenoxy) is 1. The number of anilines is 1. The number of rotatable bonds is 4. The number of hydrogen-bond donors (Lipinski definition) is 1. The highest BCUT2D eigenvalue weighted by Gasteiger charge is 2.15. The quantitative estimate of drug-likeness (QED) is 0.372. The highest BCUT2D eigenvalue weighted by Crippen LogP contribution is 2.21. The molecule has 1 N–H and O–H groups in total. The summed E-state index contributed by atoms with van der Waals surface area (Å²) in [6.07, 6.45) is 0. The van der Waals surface area contributed by atoms with Crippen LogP contribution >= 0.6 is 23.2 Å². The minimum absolute atomic E-state index is 0.0685. The van der Waals surface area contributed by atoms with Crippen LogP contribution in [0.5, 0.6) is 5.75 Å². The number of amides is 1. The summed E-state index contributed by atoms with van der Waals surface area (Å²) in [6, 6.07) is 16.6. The monoisotopic (exact) mass is 400 g/mol. The molecule has 0 fully saturated rings. The Morgan fingerprint density at radius 2 is 1.74 bits per heavy atom. The molecule has 7 heteroatoms. The number of aryl methyl sites for hydroxylation is 1. The van der Waals surface area contributed by atoms with Crippen LogP contribution < -0.4 is 10.1 Å². The summed E-state index contributed by atoms with van der Waals surface area (Å²) in [5.74, 6) is -0.663. The minimum Gasteiger partial charge on any atom is -0.422 e. The van der Waals surface area contributed by atoms with E-state index in [2.05, 4.69) is 10.3 Å². The second-order valence-corrected chi connectivity index (χ2v) is 6.50. The molecule has 3 aromatic rings. The van der Waals surface area contributed by atoms with Crippen LogP contribution in [-0.4, -0.2) is 16.9 Å². The lowest BCUT2D eigenvalue weighted by Crippen LogP contribution is -2.13. The first-order chi connectivity index (χ1) is 12.9. The fourth-order valence-electron chi connectivity index (χ4n) is 2.31. The number of hydrogen-bond acceptors (Lipinski definition) is 4. The summed E-state index contributed by atoms with van der Waals surface area (Å²) < 4.78 is 5.24. The van der Waals surface area contributed by atoms with Crippen LogP contribution in [-0.2, 0) is 0 Å². The average molecular weight is 401 g/mol. The Kier molecular flexibility index (Phi) is 5.74. The molecule has 0 saturated carbocycles. The van der Waals surface area contributed by atoms with Crippen molar-refractivity contribution in [3.63, 3.8) is 0 Å². The Hall–Kier alpha value is -2.89. The van der Waals surface area contributed by atoms with Crippen molar-refractivity contribution in [2.45, 2.75) is 6.92 Å². The van der Waals surface area contributed by atoms with Crippen LogP contribution in [0.15, 0.2) is 60.7 Å². The van der Waals surface area contributed by atoms with Crippen LogP contribution in [0.3, 0.4) is 0 Å². The van der Waals surface area contributed by atoms with Gasteiger partial charge in [0.25, 0.3) is 5.91 Å². The summed E-state index contributed by atoms with van der Waals surface area (Å²) >= 11 is 11.7. The highest BCUT2D eigenvalue weighted by molar-refractivity contribution is 6.34. The Bertz CT molecular complexity index is 1000. The van der Waals surface area contributed by atoms with Gasteiger partial charge in [-0.3, -0.25) is 4.79 Å².